The molecule has 0 bridgehead atoms. The number of aromatic nitrogens is 1. The van der Waals surface area contributed by atoms with Crippen LogP contribution in [-0.4, -0.2) is 0 Å². The molecule has 0 fully saturated rings. The van der Waals surface area contributed by atoms with Crippen molar-refractivity contribution in [1.82, 2.24) is 0 Å². The molecule has 3 nitrogen and oxygen atoms in total. The Hall–Kier alpha value is -3.12. The Bertz CT molecular complexity index is 1150. The number of nitriles is 1. The van der Waals surface area contributed by atoms with Gasteiger partial charge in [0, 0.05) is 22.9 Å². The fourth-order valence-electron chi connectivity index (χ4n) is 3.39. The van der Waals surface area contributed by atoms with Crippen molar-refractivity contribution in [2.75, 3.05) is 0 Å². The van der Waals surface area contributed by atoms with Gasteiger partial charge in [-0.25, -0.2) is 4.57 Å². The monoisotopic (exact) mass is 313 g/mol. The summed E-state index contributed by atoms with van der Waals surface area (Å²) in [4.78, 5) is 0. The second kappa shape index (κ2) is 5.21. The number of fused-ring (bicyclic) bond motifs is 3. The van der Waals surface area contributed by atoms with Gasteiger partial charge in [-0.15, -0.1) is 0 Å². The maximum Gasteiger partial charge on any atom is 0.216 e. The summed E-state index contributed by atoms with van der Waals surface area (Å²) in [5, 5.41) is 11.4. The van der Waals surface area contributed by atoms with Gasteiger partial charge in [-0.05, 0) is 43.2 Å². The average molecular weight is 313 g/mol. The molecule has 0 radical (unpaired) electrons. The summed E-state index contributed by atoms with van der Waals surface area (Å²) in [6, 6.07) is 16.5. The normalized spacial score (nSPS) is 11.1. The molecule has 0 aliphatic rings. The van der Waals surface area contributed by atoms with Crippen LogP contribution in [0.5, 0.6) is 0 Å². The first-order valence-electron chi connectivity index (χ1n) is 7.91. The van der Waals surface area contributed by atoms with E-state index in [1.165, 1.54) is 0 Å². The van der Waals surface area contributed by atoms with E-state index in [2.05, 4.69) is 35.8 Å². The first-order chi connectivity index (χ1) is 11.6. The first-order valence-corrected chi connectivity index (χ1v) is 7.91. The van der Waals surface area contributed by atoms with Gasteiger partial charge in [0.1, 0.15) is 18.2 Å². The van der Waals surface area contributed by atoms with Crippen LogP contribution in [0.1, 0.15) is 16.7 Å². The highest BCUT2D eigenvalue weighted by Crippen LogP contribution is 2.38. The zero-order chi connectivity index (χ0) is 16.8. The van der Waals surface area contributed by atoms with E-state index in [-0.39, 0.29) is 0 Å². The van der Waals surface area contributed by atoms with Crippen LogP contribution in [0, 0.1) is 25.2 Å². The molecule has 4 rings (SSSR count). The van der Waals surface area contributed by atoms with Crippen molar-refractivity contribution in [3.63, 3.8) is 0 Å². The lowest BCUT2D eigenvalue weighted by molar-refractivity contribution is -0.660. The maximum atomic E-state index is 9.53. The summed E-state index contributed by atoms with van der Waals surface area (Å²) < 4.78 is 8.32. The van der Waals surface area contributed by atoms with Gasteiger partial charge < -0.3 is 4.42 Å². The molecule has 0 spiro atoms. The second-order valence-corrected chi connectivity index (χ2v) is 6.23. The van der Waals surface area contributed by atoms with Gasteiger partial charge in [0.2, 0.25) is 5.69 Å². The van der Waals surface area contributed by atoms with Crippen LogP contribution in [0.2, 0.25) is 0 Å². The fourth-order valence-corrected chi connectivity index (χ4v) is 3.39. The Morgan fingerprint density at radius 2 is 1.92 bits per heavy atom. The molecule has 24 heavy (non-hydrogen) atoms. The molecular formula is C21H17N2O+. The van der Waals surface area contributed by atoms with Gasteiger partial charge in [0.25, 0.3) is 0 Å². The van der Waals surface area contributed by atoms with E-state index in [4.69, 9.17) is 4.42 Å². The first kappa shape index (κ1) is 14.5. The van der Waals surface area contributed by atoms with Crippen LogP contribution in [0.25, 0.3) is 33.2 Å². The molecule has 2 aromatic heterocycles. The molecule has 0 N–H and O–H groups in total. The topological polar surface area (TPSA) is 40.8 Å². The molecule has 0 aliphatic heterocycles. The average Bonchev–Trinajstić information content (AvgIpc) is 2.93. The van der Waals surface area contributed by atoms with Crippen molar-refractivity contribution in [2.45, 2.75) is 13.8 Å². The fraction of sp³-hybridized carbons (Fsp3) is 0.143. The number of nitrogens with zero attached hydrogens (tertiary/aromatic N) is 2. The van der Waals surface area contributed by atoms with E-state index in [1.807, 2.05) is 44.4 Å². The van der Waals surface area contributed by atoms with Crippen molar-refractivity contribution in [1.29, 1.82) is 5.26 Å². The number of hydrogen-bond acceptors (Lipinski definition) is 2. The van der Waals surface area contributed by atoms with E-state index in [0.717, 1.165) is 44.3 Å². The van der Waals surface area contributed by atoms with Crippen molar-refractivity contribution < 1.29 is 8.98 Å². The van der Waals surface area contributed by atoms with Crippen LogP contribution < -0.4 is 4.57 Å². The van der Waals surface area contributed by atoms with Crippen molar-refractivity contribution >= 4 is 21.9 Å². The molecule has 3 heteroatoms. The minimum absolute atomic E-state index is 0.663. The number of rotatable bonds is 1. The number of furan rings is 1. The van der Waals surface area contributed by atoms with Gasteiger partial charge in [-0.3, -0.25) is 0 Å². The van der Waals surface area contributed by atoms with Crippen molar-refractivity contribution in [3.8, 4) is 17.3 Å². The second-order valence-electron chi connectivity index (χ2n) is 6.23. The highest BCUT2D eigenvalue weighted by Gasteiger charge is 2.21. The summed E-state index contributed by atoms with van der Waals surface area (Å²) >= 11 is 0. The van der Waals surface area contributed by atoms with Crippen LogP contribution in [0.15, 0.2) is 53.1 Å². The van der Waals surface area contributed by atoms with Gasteiger partial charge in [-0.2, -0.15) is 5.26 Å². The summed E-state index contributed by atoms with van der Waals surface area (Å²) in [6.45, 7) is 4.07. The summed E-state index contributed by atoms with van der Waals surface area (Å²) in [5.74, 6) is 0. The zero-order valence-corrected chi connectivity index (χ0v) is 13.9. The Morgan fingerprint density at radius 1 is 1.08 bits per heavy atom. The van der Waals surface area contributed by atoms with Gasteiger partial charge in [0.15, 0.2) is 6.20 Å². The number of aryl methyl sites for hydroxylation is 3. The molecule has 0 amide bonds. The highest BCUT2D eigenvalue weighted by atomic mass is 16.3. The highest BCUT2D eigenvalue weighted by molar-refractivity contribution is 6.12. The SMILES string of the molecule is Cc1cc(C#N)c2c(c1)oc1c(-c3cccc[n+]3C)c(C)ccc12. The Kier molecular flexibility index (Phi) is 3.14. The van der Waals surface area contributed by atoms with Gasteiger partial charge in [0.05, 0.1) is 17.2 Å². The molecule has 2 aromatic carbocycles. The number of hydrogen-bond donors (Lipinski definition) is 0. The predicted molar refractivity (Wildman–Crippen MR) is 94.5 cm³/mol. The summed E-state index contributed by atoms with van der Waals surface area (Å²) in [6.07, 6.45) is 2.03. The molecule has 0 unspecified atom stereocenters. The minimum Gasteiger partial charge on any atom is -0.455 e. The van der Waals surface area contributed by atoms with Crippen LogP contribution in [-0.2, 0) is 7.05 Å². The lowest BCUT2D eigenvalue weighted by atomic mass is 9.99. The predicted octanol–water partition coefficient (Wildman–Crippen LogP) is 4.57. The molecule has 2 heterocycles. The molecule has 0 aliphatic carbocycles. The van der Waals surface area contributed by atoms with Crippen LogP contribution in [0.3, 0.4) is 0 Å². The van der Waals surface area contributed by atoms with E-state index in [9.17, 15) is 5.26 Å². The maximum absolute atomic E-state index is 9.53. The van der Waals surface area contributed by atoms with E-state index >= 15 is 0 Å². The summed E-state index contributed by atoms with van der Waals surface area (Å²) in [7, 11) is 2.03. The van der Waals surface area contributed by atoms with Gasteiger partial charge >= 0.3 is 0 Å². The van der Waals surface area contributed by atoms with E-state index in [0.29, 0.717) is 5.56 Å². The van der Waals surface area contributed by atoms with E-state index in [1.54, 1.807) is 0 Å². The lowest BCUT2D eigenvalue weighted by Gasteiger charge is -2.05. The third kappa shape index (κ3) is 2.00. The Balaban J connectivity index is 2.20. The lowest BCUT2D eigenvalue weighted by Crippen LogP contribution is -2.30. The largest absolute Gasteiger partial charge is 0.455 e. The molecular weight excluding hydrogens is 296 g/mol. The molecule has 0 saturated carbocycles. The third-order valence-electron chi connectivity index (χ3n) is 4.53. The standard InChI is InChI=1S/C21H17N2O/c1-13-10-15(12-22)20-16-8-7-14(2)19(21(16)24-18(20)11-13)17-6-4-5-9-23(17)3/h4-11H,1-3H3/q+1. The number of pyridine rings is 1. The van der Waals surface area contributed by atoms with Crippen molar-refractivity contribution in [2.24, 2.45) is 7.05 Å². The Morgan fingerprint density at radius 3 is 2.67 bits per heavy atom. The van der Waals surface area contributed by atoms with Crippen molar-refractivity contribution in [3.05, 3.63) is 65.4 Å². The smallest absolute Gasteiger partial charge is 0.216 e. The number of benzene rings is 2. The third-order valence-corrected chi connectivity index (χ3v) is 4.53. The quantitative estimate of drug-likeness (QED) is 0.483. The van der Waals surface area contributed by atoms with Crippen LogP contribution in [0.4, 0.5) is 0 Å². The molecule has 0 atom stereocenters. The molecule has 4 aromatic rings. The zero-order valence-electron chi connectivity index (χ0n) is 13.9. The van der Waals surface area contributed by atoms with Crippen LogP contribution >= 0.6 is 0 Å². The van der Waals surface area contributed by atoms with Gasteiger partial charge in [-0.1, -0.05) is 12.1 Å². The molecule has 0 saturated heterocycles. The summed E-state index contributed by atoms with van der Waals surface area (Å²) in [5.41, 5.74) is 6.63. The van der Waals surface area contributed by atoms with E-state index < -0.39 is 0 Å². The minimum atomic E-state index is 0.663. The Labute approximate surface area is 140 Å². The molecule has 116 valence electrons.